The standard InChI is InChI=1S/C14H15IN2/c1-10-13(15)14(12-5-3-2-4-6-12)16-17(10)9-11-7-8-11/h2-6,11H,7-9H2,1H3. The van der Waals surface area contributed by atoms with Crippen LogP contribution >= 0.6 is 22.6 Å². The normalized spacial score (nSPS) is 15.2. The smallest absolute Gasteiger partial charge is 0.106 e. The Hall–Kier alpha value is -0.840. The molecule has 3 heteroatoms. The maximum atomic E-state index is 4.77. The Bertz CT molecular complexity index is 527. The topological polar surface area (TPSA) is 17.8 Å². The molecule has 0 unspecified atom stereocenters. The maximum Gasteiger partial charge on any atom is 0.106 e. The zero-order chi connectivity index (χ0) is 11.8. The molecule has 3 rings (SSSR count). The number of nitrogens with zero attached hydrogens (tertiary/aromatic N) is 2. The SMILES string of the molecule is Cc1c(I)c(-c2ccccc2)nn1CC1CC1. The molecule has 0 radical (unpaired) electrons. The van der Waals surface area contributed by atoms with Crippen LogP contribution < -0.4 is 0 Å². The van der Waals surface area contributed by atoms with Gasteiger partial charge in [0.25, 0.3) is 0 Å². The second-order valence-electron chi connectivity index (χ2n) is 4.74. The van der Waals surface area contributed by atoms with Gasteiger partial charge in [-0.15, -0.1) is 0 Å². The molecule has 17 heavy (non-hydrogen) atoms. The van der Waals surface area contributed by atoms with E-state index in [-0.39, 0.29) is 0 Å². The molecule has 1 fully saturated rings. The van der Waals surface area contributed by atoms with E-state index in [0.29, 0.717) is 0 Å². The maximum absolute atomic E-state index is 4.77. The number of rotatable bonds is 3. The fourth-order valence-electron chi connectivity index (χ4n) is 2.03. The molecule has 0 N–H and O–H groups in total. The first-order valence-corrected chi connectivity index (χ1v) is 7.12. The molecule has 0 bridgehead atoms. The predicted octanol–water partition coefficient (Wildman–Crippen LogP) is 3.87. The molecular formula is C14H15IN2. The Morgan fingerprint density at radius 3 is 2.65 bits per heavy atom. The molecule has 1 heterocycles. The van der Waals surface area contributed by atoms with Crippen molar-refractivity contribution >= 4 is 22.6 Å². The van der Waals surface area contributed by atoms with Crippen LogP contribution in [0.2, 0.25) is 0 Å². The number of hydrogen-bond donors (Lipinski definition) is 0. The van der Waals surface area contributed by atoms with Crippen LogP contribution in [0.1, 0.15) is 18.5 Å². The van der Waals surface area contributed by atoms with E-state index in [4.69, 9.17) is 5.10 Å². The highest BCUT2D eigenvalue weighted by atomic mass is 127. The molecule has 2 aromatic rings. The summed E-state index contributed by atoms with van der Waals surface area (Å²) in [4.78, 5) is 0. The van der Waals surface area contributed by atoms with Gasteiger partial charge in [0.15, 0.2) is 0 Å². The van der Waals surface area contributed by atoms with Crippen LogP contribution in [0.15, 0.2) is 30.3 Å². The fraction of sp³-hybridized carbons (Fsp3) is 0.357. The highest BCUT2D eigenvalue weighted by Crippen LogP contribution is 2.33. The minimum Gasteiger partial charge on any atom is -0.268 e. The van der Waals surface area contributed by atoms with E-state index in [2.05, 4.69) is 58.5 Å². The second-order valence-corrected chi connectivity index (χ2v) is 5.82. The average Bonchev–Trinajstić information content (AvgIpc) is 3.13. The van der Waals surface area contributed by atoms with Crippen molar-refractivity contribution in [3.8, 4) is 11.3 Å². The summed E-state index contributed by atoms with van der Waals surface area (Å²) in [6, 6.07) is 10.4. The van der Waals surface area contributed by atoms with Gasteiger partial charge in [0.05, 0.1) is 3.57 Å². The summed E-state index contributed by atoms with van der Waals surface area (Å²) < 4.78 is 3.47. The summed E-state index contributed by atoms with van der Waals surface area (Å²) in [5.41, 5.74) is 3.65. The molecule has 0 aliphatic heterocycles. The van der Waals surface area contributed by atoms with Crippen molar-refractivity contribution in [2.75, 3.05) is 0 Å². The lowest BCUT2D eigenvalue weighted by atomic mass is 10.1. The van der Waals surface area contributed by atoms with Crippen LogP contribution in [0, 0.1) is 16.4 Å². The third-order valence-corrected chi connectivity index (χ3v) is 4.60. The van der Waals surface area contributed by atoms with E-state index in [9.17, 15) is 0 Å². The Kier molecular flexibility index (Phi) is 2.94. The van der Waals surface area contributed by atoms with Crippen LogP contribution in [0.25, 0.3) is 11.3 Å². The highest BCUT2D eigenvalue weighted by Gasteiger charge is 2.24. The number of aromatic nitrogens is 2. The van der Waals surface area contributed by atoms with Crippen LogP contribution in [-0.2, 0) is 6.54 Å². The number of benzene rings is 1. The van der Waals surface area contributed by atoms with Crippen molar-refractivity contribution < 1.29 is 0 Å². The molecule has 0 saturated heterocycles. The van der Waals surface area contributed by atoms with Gasteiger partial charge >= 0.3 is 0 Å². The van der Waals surface area contributed by atoms with Crippen molar-refractivity contribution in [1.82, 2.24) is 9.78 Å². The Labute approximate surface area is 115 Å². The van der Waals surface area contributed by atoms with Crippen molar-refractivity contribution in [2.24, 2.45) is 5.92 Å². The van der Waals surface area contributed by atoms with Gasteiger partial charge in [0, 0.05) is 17.8 Å². The molecule has 2 nitrogen and oxygen atoms in total. The number of halogens is 1. The van der Waals surface area contributed by atoms with E-state index in [1.54, 1.807) is 0 Å². The highest BCUT2D eigenvalue weighted by molar-refractivity contribution is 14.1. The van der Waals surface area contributed by atoms with Gasteiger partial charge in [-0.2, -0.15) is 5.10 Å². The molecule has 88 valence electrons. The number of hydrogen-bond acceptors (Lipinski definition) is 1. The molecular weight excluding hydrogens is 323 g/mol. The molecule has 0 spiro atoms. The van der Waals surface area contributed by atoms with Crippen molar-refractivity contribution in [3.63, 3.8) is 0 Å². The minimum atomic E-state index is 0.869. The second kappa shape index (κ2) is 4.44. The zero-order valence-corrected chi connectivity index (χ0v) is 12.0. The first kappa shape index (κ1) is 11.3. The van der Waals surface area contributed by atoms with Gasteiger partial charge in [-0.3, -0.25) is 4.68 Å². The van der Waals surface area contributed by atoms with E-state index in [1.807, 2.05) is 6.07 Å². The Balaban J connectivity index is 1.99. The Morgan fingerprint density at radius 2 is 2.00 bits per heavy atom. The molecule has 0 atom stereocenters. The first-order chi connectivity index (χ1) is 8.25. The fourth-order valence-corrected chi connectivity index (χ4v) is 2.73. The van der Waals surface area contributed by atoms with Gasteiger partial charge in [-0.05, 0) is 48.3 Å². The van der Waals surface area contributed by atoms with Crippen molar-refractivity contribution in [2.45, 2.75) is 26.3 Å². The van der Waals surface area contributed by atoms with Gasteiger partial charge < -0.3 is 0 Å². The lowest BCUT2D eigenvalue weighted by Gasteiger charge is -2.01. The van der Waals surface area contributed by atoms with E-state index < -0.39 is 0 Å². The van der Waals surface area contributed by atoms with Gasteiger partial charge in [0.2, 0.25) is 0 Å². The van der Waals surface area contributed by atoms with E-state index >= 15 is 0 Å². The summed E-state index contributed by atoms with van der Waals surface area (Å²) in [7, 11) is 0. The summed E-state index contributed by atoms with van der Waals surface area (Å²) in [6.45, 7) is 3.26. The quantitative estimate of drug-likeness (QED) is 0.777. The molecule has 1 aromatic carbocycles. The Morgan fingerprint density at radius 1 is 1.29 bits per heavy atom. The van der Waals surface area contributed by atoms with Crippen molar-refractivity contribution in [3.05, 3.63) is 39.6 Å². The molecule has 1 aliphatic carbocycles. The third-order valence-electron chi connectivity index (χ3n) is 3.31. The van der Waals surface area contributed by atoms with Gasteiger partial charge in [-0.25, -0.2) is 0 Å². The minimum absolute atomic E-state index is 0.869. The molecule has 1 aliphatic rings. The molecule has 1 saturated carbocycles. The zero-order valence-electron chi connectivity index (χ0n) is 9.86. The van der Waals surface area contributed by atoms with Crippen LogP contribution in [0.3, 0.4) is 0 Å². The summed E-state index contributed by atoms with van der Waals surface area (Å²) in [5.74, 6) is 0.869. The lowest BCUT2D eigenvalue weighted by Crippen LogP contribution is -2.03. The first-order valence-electron chi connectivity index (χ1n) is 6.04. The predicted molar refractivity (Wildman–Crippen MR) is 77.8 cm³/mol. The van der Waals surface area contributed by atoms with Crippen molar-refractivity contribution in [1.29, 1.82) is 0 Å². The van der Waals surface area contributed by atoms with E-state index in [0.717, 1.165) is 18.2 Å². The monoisotopic (exact) mass is 338 g/mol. The van der Waals surface area contributed by atoms with Gasteiger partial charge in [-0.1, -0.05) is 30.3 Å². The summed E-state index contributed by atoms with van der Waals surface area (Å²) in [6.07, 6.45) is 2.74. The van der Waals surface area contributed by atoms with E-state index in [1.165, 1.54) is 27.7 Å². The summed E-state index contributed by atoms with van der Waals surface area (Å²) >= 11 is 2.41. The van der Waals surface area contributed by atoms with Crippen LogP contribution in [0.5, 0.6) is 0 Å². The lowest BCUT2D eigenvalue weighted by molar-refractivity contribution is 0.551. The molecule has 1 aromatic heterocycles. The van der Waals surface area contributed by atoms with Crippen LogP contribution in [-0.4, -0.2) is 9.78 Å². The summed E-state index contributed by atoms with van der Waals surface area (Å²) in [5, 5.41) is 4.77. The van der Waals surface area contributed by atoms with Crippen LogP contribution in [0.4, 0.5) is 0 Å². The average molecular weight is 338 g/mol. The largest absolute Gasteiger partial charge is 0.268 e. The third kappa shape index (κ3) is 2.25. The molecule has 0 amide bonds. The van der Waals surface area contributed by atoms with Gasteiger partial charge in [0.1, 0.15) is 5.69 Å².